The molecule has 0 aliphatic carbocycles. The molecule has 2 rings (SSSR count). The third kappa shape index (κ3) is 2.17. The third-order valence-corrected chi connectivity index (χ3v) is 3.47. The standard InChI is InChI=1S/C13H16ClNO2/c1-13(2)7-15-11(12(16)17-3)9-6-8(14)4-5-10(9)13/h4-6,11,15H,7H2,1-3H3. The van der Waals surface area contributed by atoms with Crippen molar-refractivity contribution >= 4 is 17.6 Å². The van der Waals surface area contributed by atoms with Crippen molar-refractivity contribution < 1.29 is 9.53 Å². The van der Waals surface area contributed by atoms with E-state index in [1.54, 1.807) is 0 Å². The van der Waals surface area contributed by atoms with Gasteiger partial charge in [-0.15, -0.1) is 0 Å². The van der Waals surface area contributed by atoms with Crippen molar-refractivity contribution in [2.24, 2.45) is 0 Å². The van der Waals surface area contributed by atoms with E-state index in [4.69, 9.17) is 16.3 Å². The van der Waals surface area contributed by atoms with Crippen molar-refractivity contribution in [2.75, 3.05) is 13.7 Å². The van der Waals surface area contributed by atoms with Crippen molar-refractivity contribution in [2.45, 2.75) is 25.3 Å². The van der Waals surface area contributed by atoms with E-state index in [1.807, 2.05) is 18.2 Å². The Balaban J connectivity index is 2.53. The molecular formula is C13H16ClNO2. The molecule has 17 heavy (non-hydrogen) atoms. The van der Waals surface area contributed by atoms with Crippen LogP contribution in [0.4, 0.5) is 0 Å². The number of nitrogens with one attached hydrogen (secondary N) is 1. The smallest absolute Gasteiger partial charge is 0.327 e. The normalized spacial score (nSPS) is 21.8. The average Bonchev–Trinajstić information content (AvgIpc) is 2.27. The van der Waals surface area contributed by atoms with E-state index < -0.39 is 6.04 Å². The molecule has 0 bridgehead atoms. The van der Waals surface area contributed by atoms with Crippen LogP contribution in [0.2, 0.25) is 5.02 Å². The van der Waals surface area contributed by atoms with Gasteiger partial charge in [-0.25, -0.2) is 4.79 Å². The minimum absolute atomic E-state index is 0.00948. The first kappa shape index (κ1) is 12.4. The zero-order valence-electron chi connectivity index (χ0n) is 10.2. The number of methoxy groups -OCH3 is 1. The van der Waals surface area contributed by atoms with Gasteiger partial charge >= 0.3 is 5.97 Å². The zero-order valence-corrected chi connectivity index (χ0v) is 11.0. The Labute approximate surface area is 106 Å². The Bertz CT molecular complexity index is 457. The number of halogens is 1. The van der Waals surface area contributed by atoms with Crippen LogP contribution in [-0.4, -0.2) is 19.6 Å². The van der Waals surface area contributed by atoms with Gasteiger partial charge in [-0.1, -0.05) is 31.5 Å². The van der Waals surface area contributed by atoms with E-state index in [0.29, 0.717) is 5.02 Å². The van der Waals surface area contributed by atoms with E-state index in [-0.39, 0.29) is 11.4 Å². The fraction of sp³-hybridized carbons (Fsp3) is 0.462. The molecule has 1 aromatic rings. The van der Waals surface area contributed by atoms with Gasteiger partial charge in [0.1, 0.15) is 6.04 Å². The summed E-state index contributed by atoms with van der Waals surface area (Å²) in [6.07, 6.45) is 0. The van der Waals surface area contributed by atoms with Gasteiger partial charge in [0, 0.05) is 17.0 Å². The van der Waals surface area contributed by atoms with Crippen molar-refractivity contribution in [3.05, 3.63) is 34.3 Å². The molecule has 1 aliphatic rings. The summed E-state index contributed by atoms with van der Waals surface area (Å²) >= 11 is 6.00. The van der Waals surface area contributed by atoms with Crippen molar-refractivity contribution in [3.63, 3.8) is 0 Å². The molecule has 3 nitrogen and oxygen atoms in total. The first-order valence-corrected chi connectivity index (χ1v) is 5.94. The van der Waals surface area contributed by atoms with Crippen molar-refractivity contribution in [3.8, 4) is 0 Å². The van der Waals surface area contributed by atoms with Crippen LogP contribution >= 0.6 is 11.6 Å². The van der Waals surface area contributed by atoms with E-state index in [2.05, 4.69) is 19.2 Å². The first-order valence-electron chi connectivity index (χ1n) is 5.57. The molecule has 4 heteroatoms. The number of fused-ring (bicyclic) bond motifs is 1. The number of benzene rings is 1. The average molecular weight is 254 g/mol. The SMILES string of the molecule is COC(=O)C1NCC(C)(C)c2ccc(Cl)cc21. The van der Waals surface area contributed by atoms with Crippen LogP contribution in [0.3, 0.4) is 0 Å². The number of carbonyl (C=O) groups is 1. The summed E-state index contributed by atoms with van der Waals surface area (Å²) < 4.78 is 4.81. The molecule has 92 valence electrons. The Kier molecular flexibility index (Phi) is 3.15. The van der Waals surface area contributed by atoms with Gasteiger partial charge in [0.05, 0.1) is 7.11 Å². The Morgan fingerprint density at radius 1 is 1.53 bits per heavy atom. The topological polar surface area (TPSA) is 38.3 Å². The van der Waals surface area contributed by atoms with Crippen LogP contribution in [-0.2, 0) is 14.9 Å². The monoisotopic (exact) mass is 253 g/mol. The van der Waals surface area contributed by atoms with Crippen LogP contribution in [0.5, 0.6) is 0 Å². The van der Waals surface area contributed by atoms with Gasteiger partial charge in [-0.2, -0.15) is 0 Å². The van der Waals surface area contributed by atoms with Crippen LogP contribution in [0, 0.1) is 0 Å². The summed E-state index contributed by atoms with van der Waals surface area (Å²) in [5.74, 6) is -0.274. The van der Waals surface area contributed by atoms with Gasteiger partial charge in [0.25, 0.3) is 0 Å². The van der Waals surface area contributed by atoms with Gasteiger partial charge < -0.3 is 4.74 Å². The number of carbonyl (C=O) groups excluding carboxylic acids is 1. The second kappa shape index (κ2) is 4.31. The highest BCUT2D eigenvalue weighted by Crippen LogP contribution is 2.36. The highest BCUT2D eigenvalue weighted by molar-refractivity contribution is 6.30. The van der Waals surface area contributed by atoms with E-state index >= 15 is 0 Å². The first-order chi connectivity index (χ1) is 7.95. The highest BCUT2D eigenvalue weighted by atomic mass is 35.5. The van der Waals surface area contributed by atoms with Gasteiger partial charge in [0.2, 0.25) is 0 Å². The summed E-state index contributed by atoms with van der Waals surface area (Å²) in [5.41, 5.74) is 2.06. The summed E-state index contributed by atoms with van der Waals surface area (Å²) in [6.45, 7) is 5.02. The second-order valence-electron chi connectivity index (χ2n) is 4.95. The van der Waals surface area contributed by atoms with Crippen LogP contribution in [0.25, 0.3) is 0 Å². The molecular weight excluding hydrogens is 238 g/mol. The lowest BCUT2D eigenvalue weighted by Gasteiger charge is -2.36. The molecule has 0 radical (unpaired) electrons. The van der Waals surface area contributed by atoms with Crippen LogP contribution in [0.1, 0.15) is 31.0 Å². The minimum Gasteiger partial charge on any atom is -0.468 e. The van der Waals surface area contributed by atoms with Gasteiger partial charge in [-0.05, 0) is 23.3 Å². The number of rotatable bonds is 1. The molecule has 0 saturated heterocycles. The number of esters is 1. The molecule has 1 N–H and O–H groups in total. The second-order valence-corrected chi connectivity index (χ2v) is 5.39. The Morgan fingerprint density at radius 3 is 2.88 bits per heavy atom. The van der Waals surface area contributed by atoms with Gasteiger partial charge in [-0.3, -0.25) is 5.32 Å². The fourth-order valence-corrected chi connectivity index (χ4v) is 2.46. The van der Waals surface area contributed by atoms with E-state index in [9.17, 15) is 4.79 Å². The molecule has 1 aromatic carbocycles. The maximum Gasteiger partial charge on any atom is 0.327 e. The molecule has 0 aromatic heterocycles. The third-order valence-electron chi connectivity index (χ3n) is 3.24. The number of ether oxygens (including phenoxy) is 1. The van der Waals surface area contributed by atoms with E-state index in [1.165, 1.54) is 7.11 Å². The van der Waals surface area contributed by atoms with Crippen molar-refractivity contribution in [1.29, 1.82) is 0 Å². The summed E-state index contributed by atoms with van der Waals surface area (Å²) in [5, 5.41) is 3.85. The minimum atomic E-state index is -0.415. The van der Waals surface area contributed by atoms with Gasteiger partial charge in [0.15, 0.2) is 0 Å². The quantitative estimate of drug-likeness (QED) is 0.782. The molecule has 1 heterocycles. The summed E-state index contributed by atoms with van der Waals surface area (Å²) in [6, 6.07) is 5.28. The molecule has 0 saturated carbocycles. The zero-order chi connectivity index (χ0) is 12.6. The molecule has 0 amide bonds. The van der Waals surface area contributed by atoms with Crippen LogP contribution < -0.4 is 5.32 Å². The van der Waals surface area contributed by atoms with E-state index in [0.717, 1.165) is 17.7 Å². The lowest BCUT2D eigenvalue weighted by atomic mass is 9.77. The number of hydrogen-bond donors (Lipinski definition) is 1. The van der Waals surface area contributed by atoms with Crippen LogP contribution in [0.15, 0.2) is 18.2 Å². The summed E-state index contributed by atoms with van der Waals surface area (Å²) in [4.78, 5) is 11.7. The number of hydrogen-bond acceptors (Lipinski definition) is 3. The molecule has 0 spiro atoms. The predicted molar refractivity (Wildman–Crippen MR) is 67.2 cm³/mol. The predicted octanol–water partition coefficient (Wildman–Crippen LogP) is 2.43. The maximum absolute atomic E-state index is 11.7. The Hall–Kier alpha value is -1.06. The molecule has 1 atom stereocenters. The van der Waals surface area contributed by atoms with Crippen molar-refractivity contribution in [1.82, 2.24) is 5.32 Å². The maximum atomic E-state index is 11.7. The Morgan fingerprint density at radius 2 is 2.24 bits per heavy atom. The lowest BCUT2D eigenvalue weighted by Crippen LogP contribution is -2.44. The largest absolute Gasteiger partial charge is 0.468 e. The lowest BCUT2D eigenvalue weighted by molar-refractivity contribution is -0.143. The molecule has 1 aliphatic heterocycles. The highest BCUT2D eigenvalue weighted by Gasteiger charge is 2.36. The molecule has 0 fully saturated rings. The summed E-state index contributed by atoms with van der Waals surface area (Å²) in [7, 11) is 1.40. The fourth-order valence-electron chi connectivity index (χ4n) is 2.28. The molecule has 1 unspecified atom stereocenters.